The molecule has 0 fully saturated rings. The SMILES string of the molecule is COc1ccc(Nc2ccc(C(=O)Nc3ccc(N=Nc4ccccc4)cc3)cc2S(=O)(=O)C(F)(F)C(F)(F)C(F)(F)F)cc1. The number of nitrogens with one attached hydrogen (secondary N) is 2. The second-order valence-electron chi connectivity index (χ2n) is 9.19. The number of sulfone groups is 1. The van der Waals surface area contributed by atoms with Crippen molar-refractivity contribution >= 4 is 44.2 Å². The first-order valence-corrected chi connectivity index (χ1v) is 14.1. The Balaban J connectivity index is 1.68. The molecule has 4 aromatic carbocycles. The summed E-state index contributed by atoms with van der Waals surface area (Å²) in [7, 11) is -5.46. The van der Waals surface area contributed by atoms with Crippen molar-refractivity contribution in [2.24, 2.45) is 10.2 Å². The Bertz CT molecular complexity index is 1800. The van der Waals surface area contributed by atoms with Crippen LogP contribution in [0.2, 0.25) is 0 Å². The lowest BCUT2D eigenvalue weighted by Gasteiger charge is -2.28. The van der Waals surface area contributed by atoms with Gasteiger partial charge in [-0.3, -0.25) is 4.79 Å². The number of methoxy groups -OCH3 is 1. The highest BCUT2D eigenvalue weighted by Crippen LogP contribution is 2.51. The molecule has 2 N–H and O–H groups in total. The van der Waals surface area contributed by atoms with Crippen molar-refractivity contribution in [1.82, 2.24) is 0 Å². The zero-order valence-electron chi connectivity index (χ0n) is 22.8. The first-order valence-electron chi connectivity index (χ1n) is 12.6. The van der Waals surface area contributed by atoms with Crippen LogP contribution in [0.15, 0.2) is 112 Å². The summed E-state index contributed by atoms with van der Waals surface area (Å²) in [6.45, 7) is 0. The standard InChI is InChI=1S/C29H21F7N4O4S/c1-44-23-14-12-19(13-15-23)37-24-16-7-18(17-25(24)45(42,43)29(35,36)27(30,31)28(32,33)34)26(41)38-20-8-10-22(11-9-20)40-39-21-5-3-2-4-6-21/h2-17,37H,1H3,(H,38,41). The molecule has 0 atom stereocenters. The number of anilines is 3. The smallest absolute Gasteiger partial charge is 0.461 e. The number of azo groups is 1. The molecule has 0 aliphatic carbocycles. The lowest BCUT2D eigenvalue weighted by atomic mass is 10.1. The van der Waals surface area contributed by atoms with Gasteiger partial charge in [0, 0.05) is 16.9 Å². The minimum Gasteiger partial charge on any atom is -0.497 e. The van der Waals surface area contributed by atoms with E-state index in [0.717, 1.165) is 12.1 Å². The Kier molecular flexibility index (Phi) is 9.18. The van der Waals surface area contributed by atoms with E-state index >= 15 is 0 Å². The Hall–Kier alpha value is -4.99. The van der Waals surface area contributed by atoms with E-state index in [9.17, 15) is 43.9 Å². The van der Waals surface area contributed by atoms with Crippen LogP contribution in [0.3, 0.4) is 0 Å². The number of alkyl halides is 7. The molecule has 4 aromatic rings. The molecule has 0 bridgehead atoms. The Labute approximate surface area is 251 Å². The summed E-state index contributed by atoms with van der Waals surface area (Å²) < 4.78 is 126. The number of carbonyl (C=O) groups is 1. The molecule has 1 amide bonds. The molecule has 0 spiro atoms. The zero-order chi connectivity index (χ0) is 33.0. The average Bonchev–Trinajstić information content (AvgIpc) is 3.01. The lowest BCUT2D eigenvalue weighted by Crippen LogP contribution is -2.56. The molecule has 4 rings (SSSR count). The number of hydrogen-bond acceptors (Lipinski definition) is 7. The molecule has 8 nitrogen and oxygen atoms in total. The van der Waals surface area contributed by atoms with E-state index in [1.165, 1.54) is 55.6 Å². The van der Waals surface area contributed by atoms with Gasteiger partial charge in [0.1, 0.15) is 5.75 Å². The minimum absolute atomic E-state index is 0.0276. The van der Waals surface area contributed by atoms with Crippen molar-refractivity contribution in [3.8, 4) is 5.75 Å². The van der Waals surface area contributed by atoms with Crippen molar-refractivity contribution < 1.29 is 48.7 Å². The van der Waals surface area contributed by atoms with Gasteiger partial charge in [-0.05, 0) is 78.9 Å². The predicted molar refractivity (Wildman–Crippen MR) is 151 cm³/mol. The summed E-state index contributed by atoms with van der Waals surface area (Å²) in [5.74, 6) is -7.73. The van der Waals surface area contributed by atoms with Crippen LogP contribution in [-0.2, 0) is 9.84 Å². The molecular weight excluding hydrogens is 633 g/mol. The van der Waals surface area contributed by atoms with Gasteiger partial charge in [-0.15, -0.1) is 0 Å². The van der Waals surface area contributed by atoms with E-state index in [-0.39, 0.29) is 17.4 Å². The zero-order valence-corrected chi connectivity index (χ0v) is 23.6. The van der Waals surface area contributed by atoms with Crippen LogP contribution in [0.25, 0.3) is 0 Å². The first kappa shape index (κ1) is 32.9. The highest BCUT2D eigenvalue weighted by molar-refractivity contribution is 7.92. The van der Waals surface area contributed by atoms with Gasteiger partial charge in [-0.2, -0.15) is 41.0 Å². The quantitative estimate of drug-likeness (QED) is 0.131. The second-order valence-corrected chi connectivity index (χ2v) is 11.2. The topological polar surface area (TPSA) is 109 Å². The van der Waals surface area contributed by atoms with Gasteiger partial charge < -0.3 is 15.4 Å². The highest BCUT2D eigenvalue weighted by atomic mass is 32.2. The van der Waals surface area contributed by atoms with Gasteiger partial charge in [0.25, 0.3) is 15.7 Å². The van der Waals surface area contributed by atoms with E-state index in [4.69, 9.17) is 4.74 Å². The second kappa shape index (κ2) is 12.6. The third kappa shape index (κ3) is 6.90. The van der Waals surface area contributed by atoms with Gasteiger partial charge in [0.05, 0.1) is 29.1 Å². The fourth-order valence-electron chi connectivity index (χ4n) is 3.72. The molecule has 0 aromatic heterocycles. The molecule has 16 heteroatoms. The lowest BCUT2D eigenvalue weighted by molar-refractivity contribution is -0.332. The summed E-state index contributed by atoms with van der Waals surface area (Å²) in [5.41, 5.74) is -0.344. The van der Waals surface area contributed by atoms with Crippen molar-refractivity contribution in [3.05, 3.63) is 103 Å². The van der Waals surface area contributed by atoms with Gasteiger partial charge in [0.15, 0.2) is 0 Å². The maximum atomic E-state index is 14.6. The van der Waals surface area contributed by atoms with E-state index < -0.39 is 49.2 Å². The van der Waals surface area contributed by atoms with E-state index in [0.29, 0.717) is 17.1 Å². The third-order valence-corrected chi connectivity index (χ3v) is 7.97. The van der Waals surface area contributed by atoms with Gasteiger partial charge in [-0.1, -0.05) is 18.2 Å². The number of hydrogen-bond donors (Lipinski definition) is 2. The maximum Gasteiger partial charge on any atom is 0.461 e. The average molecular weight is 655 g/mol. The molecule has 0 saturated heterocycles. The summed E-state index contributed by atoms with van der Waals surface area (Å²) in [5, 5.41) is 6.15. The normalized spacial score (nSPS) is 12.6. The van der Waals surface area contributed by atoms with Gasteiger partial charge >= 0.3 is 17.4 Å². The van der Waals surface area contributed by atoms with Gasteiger partial charge in [-0.25, -0.2) is 8.42 Å². The van der Waals surface area contributed by atoms with Crippen LogP contribution in [0.5, 0.6) is 5.75 Å². The number of amides is 1. The monoisotopic (exact) mass is 654 g/mol. The molecule has 0 heterocycles. The molecule has 0 aliphatic heterocycles. The molecule has 0 unspecified atom stereocenters. The third-order valence-electron chi connectivity index (χ3n) is 6.12. The Morgan fingerprint density at radius 1 is 0.733 bits per heavy atom. The number of halogens is 7. The van der Waals surface area contributed by atoms with Crippen molar-refractivity contribution in [2.45, 2.75) is 22.2 Å². The molecular formula is C29H21F7N4O4S. The van der Waals surface area contributed by atoms with Crippen LogP contribution in [0, 0.1) is 0 Å². The molecule has 236 valence electrons. The van der Waals surface area contributed by atoms with Crippen LogP contribution < -0.4 is 15.4 Å². The highest BCUT2D eigenvalue weighted by Gasteiger charge is 2.78. The fourth-order valence-corrected chi connectivity index (χ4v) is 5.14. The number of ether oxygens (including phenoxy) is 1. The number of benzene rings is 4. The van der Waals surface area contributed by atoms with E-state index in [1.54, 1.807) is 30.3 Å². The Morgan fingerprint density at radius 2 is 1.29 bits per heavy atom. The van der Waals surface area contributed by atoms with Crippen LogP contribution in [0.4, 0.5) is 59.2 Å². The summed E-state index contributed by atoms with van der Waals surface area (Å²) in [4.78, 5) is 11.3. The number of carbonyl (C=O) groups excluding carboxylic acids is 1. The molecule has 0 saturated carbocycles. The van der Waals surface area contributed by atoms with Crippen molar-refractivity contribution in [3.63, 3.8) is 0 Å². The van der Waals surface area contributed by atoms with Crippen LogP contribution >= 0.6 is 0 Å². The summed E-state index contributed by atoms with van der Waals surface area (Å²) in [6.07, 6.45) is -6.92. The molecule has 0 aliphatic rings. The van der Waals surface area contributed by atoms with Crippen LogP contribution in [0.1, 0.15) is 10.4 Å². The maximum absolute atomic E-state index is 14.6. The van der Waals surface area contributed by atoms with E-state index in [1.807, 2.05) is 0 Å². The van der Waals surface area contributed by atoms with Crippen molar-refractivity contribution in [1.29, 1.82) is 0 Å². The Morgan fingerprint density at radius 3 is 1.84 bits per heavy atom. The van der Waals surface area contributed by atoms with E-state index in [2.05, 4.69) is 20.9 Å². The van der Waals surface area contributed by atoms with Gasteiger partial charge in [0.2, 0.25) is 0 Å². The molecule has 0 radical (unpaired) electrons. The first-order chi connectivity index (χ1) is 21.1. The van der Waals surface area contributed by atoms with Crippen LogP contribution in [-0.4, -0.2) is 38.8 Å². The number of rotatable bonds is 10. The number of nitrogens with zero attached hydrogens (tertiary/aromatic N) is 2. The summed E-state index contributed by atoms with van der Waals surface area (Å²) in [6, 6.07) is 21.8. The minimum atomic E-state index is -6.98. The van der Waals surface area contributed by atoms with Crippen molar-refractivity contribution in [2.75, 3.05) is 17.7 Å². The largest absolute Gasteiger partial charge is 0.497 e. The summed E-state index contributed by atoms with van der Waals surface area (Å²) >= 11 is 0. The fraction of sp³-hybridized carbons (Fsp3) is 0.138. The predicted octanol–water partition coefficient (Wildman–Crippen LogP) is 8.67. The molecule has 45 heavy (non-hydrogen) atoms.